The van der Waals surface area contributed by atoms with Crippen LogP contribution in [0.3, 0.4) is 0 Å². The van der Waals surface area contributed by atoms with Gasteiger partial charge in [0.05, 0.1) is 34.6 Å². The van der Waals surface area contributed by atoms with E-state index in [1.54, 1.807) is 66.7 Å². The molecule has 0 spiro atoms. The van der Waals surface area contributed by atoms with Crippen molar-refractivity contribution in [2.24, 2.45) is 0 Å². The Morgan fingerprint density at radius 3 is 2.02 bits per heavy atom. The Kier molecular flexibility index (Phi) is 12.1. The van der Waals surface area contributed by atoms with E-state index in [4.69, 9.17) is 21.1 Å². The number of ketones is 2. The molecule has 55 heavy (non-hydrogen) atoms. The molecule has 0 atom stereocenters. The molecule has 0 saturated carbocycles. The standard InChI is InChI=1S/C47H45ClN2O5/c1-2-3-4-5-6-7-8-9-10-19-28-54-38-27-26-32(48)29-36(38)49-37-30-39(55-33-22-15-12-16-23-33)44-42-40(34-24-17-18-25-35(34)46(52)41(37)42)43(47(53)50-44)45(51)31-20-13-11-14-21-31/h11-18,20-27,29-30,49H,2-10,19,28H2,1H3,(H,50,53). The first-order chi connectivity index (χ1) is 26.9. The zero-order valence-corrected chi connectivity index (χ0v) is 31.8. The van der Waals surface area contributed by atoms with E-state index in [2.05, 4.69) is 17.2 Å². The minimum absolute atomic E-state index is 0.0500. The van der Waals surface area contributed by atoms with E-state index in [-0.39, 0.29) is 11.3 Å². The maximum Gasteiger partial charge on any atom is 0.260 e. The summed E-state index contributed by atoms with van der Waals surface area (Å²) < 4.78 is 12.8. The lowest BCUT2D eigenvalue weighted by Crippen LogP contribution is -2.24. The highest BCUT2D eigenvalue weighted by Crippen LogP contribution is 2.48. The number of H-pyrrole nitrogens is 1. The Labute approximate surface area is 326 Å². The molecule has 0 aliphatic heterocycles. The van der Waals surface area contributed by atoms with Crippen LogP contribution in [0.2, 0.25) is 5.02 Å². The second kappa shape index (κ2) is 17.7. The Morgan fingerprint density at radius 2 is 1.31 bits per heavy atom. The third-order valence-electron chi connectivity index (χ3n) is 10.1. The number of halogens is 1. The molecule has 1 aliphatic carbocycles. The number of pyridine rings is 1. The number of aromatic amines is 1. The van der Waals surface area contributed by atoms with Crippen molar-refractivity contribution in [3.63, 3.8) is 0 Å². The molecule has 0 fully saturated rings. The molecule has 8 heteroatoms. The van der Waals surface area contributed by atoms with Gasteiger partial charge in [0.15, 0.2) is 17.3 Å². The summed E-state index contributed by atoms with van der Waals surface area (Å²) in [4.78, 5) is 45.9. The number of aromatic nitrogens is 1. The van der Waals surface area contributed by atoms with E-state index in [0.29, 0.717) is 79.0 Å². The topological polar surface area (TPSA) is 97.5 Å². The normalized spacial score (nSPS) is 11.7. The highest BCUT2D eigenvalue weighted by Gasteiger charge is 2.35. The zero-order valence-electron chi connectivity index (χ0n) is 31.1. The lowest BCUT2D eigenvalue weighted by atomic mass is 9.80. The molecule has 7 nitrogen and oxygen atoms in total. The van der Waals surface area contributed by atoms with Gasteiger partial charge in [0.25, 0.3) is 5.56 Å². The zero-order chi connectivity index (χ0) is 38.1. The average molecular weight is 753 g/mol. The van der Waals surface area contributed by atoms with Crippen LogP contribution in [-0.2, 0) is 0 Å². The van der Waals surface area contributed by atoms with Crippen LogP contribution in [0.1, 0.15) is 103 Å². The lowest BCUT2D eigenvalue weighted by molar-refractivity contribution is 0.102. The highest BCUT2D eigenvalue weighted by molar-refractivity contribution is 6.32. The minimum Gasteiger partial charge on any atom is -0.491 e. The summed E-state index contributed by atoms with van der Waals surface area (Å²) in [6, 6.07) is 32.0. The van der Waals surface area contributed by atoms with Gasteiger partial charge in [0, 0.05) is 33.2 Å². The quantitative estimate of drug-likeness (QED) is 0.0669. The number of nitrogens with one attached hydrogen (secondary N) is 2. The molecular weight excluding hydrogens is 708 g/mol. The Morgan fingerprint density at radius 1 is 0.673 bits per heavy atom. The molecule has 0 unspecified atom stereocenters. The number of benzene rings is 5. The Balaban J connectivity index is 1.28. The van der Waals surface area contributed by atoms with Crippen LogP contribution in [-0.4, -0.2) is 23.2 Å². The predicted octanol–water partition coefficient (Wildman–Crippen LogP) is 12.5. The van der Waals surface area contributed by atoms with Crippen molar-refractivity contribution >= 4 is 45.4 Å². The first-order valence-corrected chi connectivity index (χ1v) is 19.8. The molecule has 6 aromatic rings. The number of hydrogen-bond donors (Lipinski definition) is 2. The van der Waals surface area contributed by atoms with Gasteiger partial charge in [-0.3, -0.25) is 14.4 Å². The molecule has 0 bridgehead atoms. The fourth-order valence-electron chi connectivity index (χ4n) is 7.37. The molecular formula is C47H45ClN2O5. The summed E-state index contributed by atoms with van der Waals surface area (Å²) in [7, 11) is 0. The van der Waals surface area contributed by atoms with Crippen molar-refractivity contribution in [1.82, 2.24) is 4.98 Å². The van der Waals surface area contributed by atoms with E-state index >= 15 is 0 Å². The van der Waals surface area contributed by atoms with E-state index < -0.39 is 11.3 Å². The number of anilines is 2. The van der Waals surface area contributed by atoms with Crippen LogP contribution in [0.25, 0.3) is 22.0 Å². The van der Waals surface area contributed by atoms with Gasteiger partial charge in [-0.2, -0.15) is 0 Å². The predicted molar refractivity (Wildman–Crippen MR) is 222 cm³/mol. The van der Waals surface area contributed by atoms with Gasteiger partial charge in [-0.25, -0.2) is 0 Å². The summed E-state index contributed by atoms with van der Waals surface area (Å²) in [5.41, 5.74) is 2.57. The van der Waals surface area contributed by atoms with Crippen LogP contribution >= 0.6 is 11.6 Å². The van der Waals surface area contributed by atoms with E-state index in [0.717, 1.165) is 12.8 Å². The summed E-state index contributed by atoms with van der Waals surface area (Å²) in [5, 5.41) is 4.37. The number of ether oxygens (including phenoxy) is 2. The SMILES string of the molecule is CCCCCCCCCCCCOc1ccc(Cl)cc1Nc1cc(Oc2ccccc2)c2[nH]c(=O)c(C(=O)c3ccccc3)c3c2c1C(=O)c1ccccc1-3. The number of carbonyl (C=O) groups excluding carboxylic acids is 2. The second-order valence-electron chi connectivity index (χ2n) is 14.0. The van der Waals surface area contributed by atoms with Crippen molar-refractivity contribution in [3.05, 3.63) is 147 Å². The Hall–Kier alpha value is -5.66. The summed E-state index contributed by atoms with van der Waals surface area (Å²) in [6.45, 7) is 2.78. The number of para-hydroxylation sites is 1. The summed E-state index contributed by atoms with van der Waals surface area (Å²) in [6.07, 6.45) is 12.3. The number of fused-ring (bicyclic) bond motifs is 2. The van der Waals surface area contributed by atoms with Gasteiger partial charge in [-0.05, 0) is 42.3 Å². The number of hydrogen-bond acceptors (Lipinski definition) is 6. The first kappa shape index (κ1) is 37.6. The van der Waals surface area contributed by atoms with E-state index in [9.17, 15) is 14.4 Å². The van der Waals surface area contributed by atoms with Crippen molar-refractivity contribution < 1.29 is 19.1 Å². The molecule has 5 aromatic carbocycles. The molecule has 1 heterocycles. The van der Waals surface area contributed by atoms with Crippen LogP contribution in [0, 0.1) is 0 Å². The fraction of sp³-hybridized carbons (Fsp3) is 0.255. The van der Waals surface area contributed by atoms with Gasteiger partial charge < -0.3 is 19.8 Å². The third-order valence-corrected chi connectivity index (χ3v) is 10.4. The van der Waals surface area contributed by atoms with Crippen LogP contribution in [0.15, 0.2) is 114 Å². The van der Waals surface area contributed by atoms with Crippen molar-refractivity contribution in [2.75, 3.05) is 11.9 Å². The molecule has 0 saturated heterocycles. The summed E-state index contributed by atoms with van der Waals surface area (Å²) >= 11 is 6.56. The maximum atomic E-state index is 14.6. The van der Waals surface area contributed by atoms with Crippen molar-refractivity contribution in [1.29, 1.82) is 0 Å². The average Bonchev–Trinajstić information content (AvgIpc) is 3.20. The first-order valence-electron chi connectivity index (χ1n) is 19.4. The van der Waals surface area contributed by atoms with Crippen molar-refractivity contribution in [3.8, 4) is 28.4 Å². The van der Waals surface area contributed by atoms with Gasteiger partial charge in [-0.1, -0.05) is 149 Å². The second-order valence-corrected chi connectivity index (χ2v) is 14.5. The smallest absolute Gasteiger partial charge is 0.260 e. The van der Waals surface area contributed by atoms with Crippen LogP contribution < -0.4 is 20.3 Å². The maximum absolute atomic E-state index is 14.6. The number of unbranched alkanes of at least 4 members (excludes halogenated alkanes) is 9. The molecule has 7 rings (SSSR count). The molecule has 1 aliphatic rings. The Bertz CT molecular complexity index is 2370. The van der Waals surface area contributed by atoms with Gasteiger partial charge >= 0.3 is 0 Å². The number of carbonyl (C=O) groups is 2. The third kappa shape index (κ3) is 8.37. The van der Waals surface area contributed by atoms with E-state index in [1.165, 1.54) is 51.4 Å². The molecule has 1 aromatic heterocycles. The van der Waals surface area contributed by atoms with Gasteiger partial charge in [-0.15, -0.1) is 0 Å². The number of rotatable bonds is 18. The molecule has 0 radical (unpaired) electrons. The monoisotopic (exact) mass is 752 g/mol. The molecule has 0 amide bonds. The largest absolute Gasteiger partial charge is 0.491 e. The fourth-order valence-corrected chi connectivity index (χ4v) is 7.55. The van der Waals surface area contributed by atoms with E-state index in [1.807, 2.05) is 42.5 Å². The molecule has 280 valence electrons. The molecule has 2 N–H and O–H groups in total. The van der Waals surface area contributed by atoms with Gasteiger partial charge in [0.1, 0.15) is 11.5 Å². The lowest BCUT2D eigenvalue weighted by Gasteiger charge is -2.26. The van der Waals surface area contributed by atoms with Crippen molar-refractivity contribution in [2.45, 2.75) is 71.1 Å². The van der Waals surface area contributed by atoms with Crippen LogP contribution in [0.5, 0.6) is 17.2 Å². The summed E-state index contributed by atoms with van der Waals surface area (Å²) in [5.74, 6) is 0.702. The van der Waals surface area contributed by atoms with Crippen LogP contribution in [0.4, 0.5) is 11.4 Å². The highest BCUT2D eigenvalue weighted by atomic mass is 35.5. The minimum atomic E-state index is -0.581. The van der Waals surface area contributed by atoms with Gasteiger partial charge in [0.2, 0.25) is 0 Å².